The summed E-state index contributed by atoms with van der Waals surface area (Å²) in [6.45, 7) is 8.90. The Bertz CT molecular complexity index is 1110. The van der Waals surface area contributed by atoms with E-state index in [1.807, 2.05) is 30.8 Å². The van der Waals surface area contributed by atoms with E-state index in [0.29, 0.717) is 42.2 Å². The molecule has 10 heteroatoms. The molecule has 1 aromatic heterocycles. The first-order valence-electron chi connectivity index (χ1n) is 10.6. The van der Waals surface area contributed by atoms with Gasteiger partial charge in [0.25, 0.3) is 0 Å². The molecule has 170 valence electrons. The summed E-state index contributed by atoms with van der Waals surface area (Å²) in [5.41, 5.74) is 2.59. The predicted molar refractivity (Wildman–Crippen MR) is 129 cm³/mol. The van der Waals surface area contributed by atoms with E-state index in [4.69, 9.17) is 16.3 Å². The Kier molecular flexibility index (Phi) is 6.97. The largest absolute Gasteiger partial charge is 0.438 e. The number of piperazine rings is 1. The quantitative estimate of drug-likeness (QED) is 0.390. The third-order valence-corrected chi connectivity index (χ3v) is 6.47. The summed E-state index contributed by atoms with van der Waals surface area (Å²) in [4.78, 5) is 20.3. The van der Waals surface area contributed by atoms with Crippen LogP contribution in [-0.4, -0.2) is 70.1 Å². The van der Waals surface area contributed by atoms with Crippen LogP contribution in [0.4, 0.5) is 0 Å². The Morgan fingerprint density at radius 1 is 1.41 bits per heavy atom. The molecule has 1 aliphatic carbocycles. The van der Waals surface area contributed by atoms with Crippen molar-refractivity contribution < 1.29 is 9.53 Å². The molecule has 0 unspecified atom stereocenters. The average molecular weight is 522 g/mol. The van der Waals surface area contributed by atoms with E-state index in [-0.39, 0.29) is 5.91 Å². The average Bonchev–Trinajstić information content (AvgIpc) is 3.47. The molecule has 0 spiro atoms. The van der Waals surface area contributed by atoms with Crippen molar-refractivity contribution in [2.24, 2.45) is 10.9 Å². The normalized spacial score (nSPS) is 18.5. The fourth-order valence-electron chi connectivity index (χ4n) is 3.55. The van der Waals surface area contributed by atoms with Crippen LogP contribution in [0.3, 0.4) is 0 Å². The highest BCUT2D eigenvalue weighted by molar-refractivity contribution is 9.10. The molecule has 4 rings (SSSR count). The van der Waals surface area contributed by atoms with Crippen molar-refractivity contribution in [1.82, 2.24) is 24.8 Å². The summed E-state index contributed by atoms with van der Waals surface area (Å²) in [5, 5.41) is 8.95. The SMILES string of the molecule is C=C(Cl)C=NC(Oc1ccc2c(nnn2CC2CC2)c1Br)=C(C)CN1CCN(C)C(=O)C1. The number of nitrogens with zero attached hydrogens (tertiary/aromatic N) is 6. The number of allylic oxidation sites excluding steroid dienone is 1. The molecule has 0 bridgehead atoms. The molecule has 8 nitrogen and oxygen atoms in total. The number of hydrogen-bond acceptors (Lipinski definition) is 6. The van der Waals surface area contributed by atoms with Crippen molar-refractivity contribution >= 4 is 50.7 Å². The topological polar surface area (TPSA) is 75.9 Å². The monoisotopic (exact) mass is 520 g/mol. The number of amides is 1. The van der Waals surface area contributed by atoms with Crippen molar-refractivity contribution in [1.29, 1.82) is 0 Å². The minimum absolute atomic E-state index is 0.103. The fraction of sp³-hybridized carbons (Fsp3) is 0.455. The van der Waals surface area contributed by atoms with Gasteiger partial charge >= 0.3 is 0 Å². The second-order valence-corrected chi connectivity index (χ2v) is 9.66. The van der Waals surface area contributed by atoms with Crippen LogP contribution in [-0.2, 0) is 11.3 Å². The van der Waals surface area contributed by atoms with Crippen LogP contribution in [0.15, 0.2) is 44.7 Å². The van der Waals surface area contributed by atoms with E-state index in [2.05, 4.69) is 42.7 Å². The first-order valence-corrected chi connectivity index (χ1v) is 11.7. The van der Waals surface area contributed by atoms with Crippen LogP contribution in [0.25, 0.3) is 11.0 Å². The molecule has 1 saturated carbocycles. The van der Waals surface area contributed by atoms with Gasteiger partial charge in [-0.1, -0.05) is 23.4 Å². The minimum Gasteiger partial charge on any atom is -0.438 e. The summed E-state index contributed by atoms with van der Waals surface area (Å²) in [7, 11) is 1.82. The fourth-order valence-corrected chi connectivity index (χ4v) is 4.09. The molecule has 1 saturated heterocycles. The zero-order valence-electron chi connectivity index (χ0n) is 18.2. The molecule has 2 fully saturated rings. The molecule has 0 radical (unpaired) electrons. The standard InChI is InChI=1S/C22H26BrClN6O2/c1-14(11-29-9-8-28(3)19(31)13-29)22(25-10-15(2)24)32-18-7-6-17-21(20(18)23)26-27-30(17)12-16-4-5-16/h6-7,10,16H,2,4-5,8-9,11-13H2,1,3H3. The van der Waals surface area contributed by atoms with E-state index >= 15 is 0 Å². The van der Waals surface area contributed by atoms with Crippen LogP contribution in [0.2, 0.25) is 0 Å². The zero-order chi connectivity index (χ0) is 22.8. The third-order valence-electron chi connectivity index (χ3n) is 5.61. The van der Waals surface area contributed by atoms with Gasteiger partial charge in [-0.25, -0.2) is 9.67 Å². The molecule has 32 heavy (non-hydrogen) atoms. The zero-order valence-corrected chi connectivity index (χ0v) is 20.6. The maximum Gasteiger partial charge on any atom is 0.236 e. The number of ether oxygens (including phenoxy) is 1. The molecule has 2 aromatic rings. The molecule has 0 N–H and O–H groups in total. The molecular weight excluding hydrogens is 496 g/mol. The van der Waals surface area contributed by atoms with Gasteiger partial charge in [0.1, 0.15) is 11.3 Å². The summed E-state index contributed by atoms with van der Waals surface area (Å²) in [6, 6.07) is 3.85. The lowest BCUT2D eigenvalue weighted by atomic mass is 10.2. The van der Waals surface area contributed by atoms with Crippen LogP contribution in [0.1, 0.15) is 19.8 Å². The predicted octanol–water partition coefficient (Wildman–Crippen LogP) is 3.81. The molecular formula is C22H26BrClN6O2. The number of halogens is 2. The van der Waals surface area contributed by atoms with Crippen molar-refractivity contribution in [2.45, 2.75) is 26.3 Å². The highest BCUT2D eigenvalue weighted by atomic mass is 79.9. The number of aliphatic imine (C=N–C) groups is 1. The van der Waals surface area contributed by atoms with Gasteiger partial charge in [0.2, 0.25) is 11.8 Å². The maximum atomic E-state index is 12.1. The first kappa shape index (κ1) is 22.9. The molecule has 2 aliphatic rings. The Balaban J connectivity index is 1.58. The van der Waals surface area contributed by atoms with E-state index in [0.717, 1.165) is 34.2 Å². The van der Waals surface area contributed by atoms with Gasteiger partial charge in [-0.15, -0.1) is 5.10 Å². The van der Waals surface area contributed by atoms with Crippen molar-refractivity contribution in [3.8, 4) is 5.75 Å². The van der Waals surface area contributed by atoms with Crippen molar-refractivity contribution in [3.05, 3.63) is 39.7 Å². The molecule has 0 atom stereocenters. The van der Waals surface area contributed by atoms with E-state index < -0.39 is 0 Å². The van der Waals surface area contributed by atoms with Crippen LogP contribution in [0, 0.1) is 5.92 Å². The highest BCUT2D eigenvalue weighted by Crippen LogP contribution is 2.35. The van der Waals surface area contributed by atoms with Gasteiger partial charge in [0, 0.05) is 45.0 Å². The number of likely N-dealkylation sites (N-methyl/N-ethyl adjacent to an activating group) is 1. The Hall–Kier alpha value is -2.23. The third kappa shape index (κ3) is 5.39. The number of carbonyl (C=O) groups is 1. The second-order valence-electron chi connectivity index (χ2n) is 8.38. The lowest BCUT2D eigenvalue weighted by Gasteiger charge is -2.32. The molecule has 2 heterocycles. The van der Waals surface area contributed by atoms with E-state index in [1.54, 1.807) is 4.90 Å². The highest BCUT2D eigenvalue weighted by Gasteiger charge is 2.25. The minimum atomic E-state index is 0.103. The van der Waals surface area contributed by atoms with Gasteiger partial charge in [0.05, 0.1) is 21.6 Å². The smallest absolute Gasteiger partial charge is 0.236 e. The summed E-state index contributed by atoms with van der Waals surface area (Å²) in [5.74, 6) is 1.79. The number of fused-ring (bicyclic) bond motifs is 1. The van der Waals surface area contributed by atoms with E-state index in [1.165, 1.54) is 19.1 Å². The van der Waals surface area contributed by atoms with Crippen LogP contribution >= 0.6 is 27.5 Å². The van der Waals surface area contributed by atoms with Gasteiger partial charge < -0.3 is 9.64 Å². The van der Waals surface area contributed by atoms with Crippen molar-refractivity contribution in [2.75, 3.05) is 33.2 Å². The molecule has 1 aliphatic heterocycles. The maximum absolute atomic E-state index is 12.1. The van der Waals surface area contributed by atoms with Gasteiger partial charge in [-0.3, -0.25) is 9.69 Å². The summed E-state index contributed by atoms with van der Waals surface area (Å²) < 4.78 is 8.86. The number of carbonyl (C=O) groups excluding carboxylic acids is 1. The Morgan fingerprint density at radius 3 is 2.88 bits per heavy atom. The lowest BCUT2D eigenvalue weighted by Crippen LogP contribution is -2.48. The van der Waals surface area contributed by atoms with Crippen molar-refractivity contribution in [3.63, 3.8) is 0 Å². The number of rotatable bonds is 8. The number of hydrogen-bond donors (Lipinski definition) is 0. The molecule has 1 amide bonds. The lowest BCUT2D eigenvalue weighted by molar-refractivity contribution is -0.134. The van der Waals surface area contributed by atoms with Crippen LogP contribution in [0.5, 0.6) is 5.75 Å². The first-order chi connectivity index (χ1) is 15.3. The second kappa shape index (κ2) is 9.72. The van der Waals surface area contributed by atoms with E-state index in [9.17, 15) is 4.79 Å². The molecule has 1 aromatic carbocycles. The Labute approximate surface area is 200 Å². The van der Waals surface area contributed by atoms with Gasteiger partial charge in [0.15, 0.2) is 0 Å². The van der Waals surface area contributed by atoms with Gasteiger partial charge in [-0.2, -0.15) is 0 Å². The van der Waals surface area contributed by atoms with Gasteiger partial charge in [-0.05, 0) is 53.7 Å². The Morgan fingerprint density at radius 2 is 2.19 bits per heavy atom. The number of aromatic nitrogens is 3. The summed E-state index contributed by atoms with van der Waals surface area (Å²) >= 11 is 9.53. The van der Waals surface area contributed by atoms with Crippen LogP contribution < -0.4 is 4.74 Å². The number of benzene rings is 1. The summed E-state index contributed by atoms with van der Waals surface area (Å²) in [6.07, 6.45) is 3.95.